The molecule has 3 aliphatic rings. The third kappa shape index (κ3) is 3.93. The number of fused-ring (bicyclic) bond motifs is 5. The minimum atomic E-state index is -0.909. The summed E-state index contributed by atoms with van der Waals surface area (Å²) in [5.41, 5.74) is 1.61. The van der Waals surface area contributed by atoms with Crippen molar-refractivity contribution in [3.8, 4) is 0 Å². The second-order valence-electron chi connectivity index (χ2n) is 10.4. The number of benzene rings is 1. The molecule has 1 N–H and O–H groups in total. The van der Waals surface area contributed by atoms with Crippen LogP contribution in [0.15, 0.2) is 30.5 Å². The van der Waals surface area contributed by atoms with Crippen molar-refractivity contribution in [2.45, 2.75) is 64.2 Å². The van der Waals surface area contributed by atoms with Gasteiger partial charge in [-0.1, -0.05) is 19.1 Å². The molecule has 3 unspecified atom stereocenters. The normalized spacial score (nSPS) is 29.8. The Labute approximate surface area is 197 Å². The molecule has 1 amide bonds. The number of hydrogen-bond donors (Lipinski definition) is 1. The van der Waals surface area contributed by atoms with Gasteiger partial charge in [0.2, 0.25) is 5.91 Å². The number of nitrogens with zero attached hydrogens (tertiary/aromatic N) is 1. The first-order valence-electron chi connectivity index (χ1n) is 12.2. The lowest BCUT2D eigenvalue weighted by molar-refractivity contribution is -0.129. The van der Waals surface area contributed by atoms with Crippen LogP contribution in [0, 0.1) is 40.6 Å². The monoisotopic (exact) mass is 470 g/mol. The van der Waals surface area contributed by atoms with Crippen molar-refractivity contribution < 1.29 is 22.8 Å². The number of nitrogens with one attached hydrogen (secondary N) is 1. The van der Waals surface area contributed by atoms with Crippen molar-refractivity contribution in [3.05, 3.63) is 59.0 Å². The molecule has 34 heavy (non-hydrogen) atoms. The summed E-state index contributed by atoms with van der Waals surface area (Å²) in [6.07, 6.45) is 6.18. The fourth-order valence-electron chi connectivity index (χ4n) is 7.12. The van der Waals surface area contributed by atoms with E-state index in [1.54, 1.807) is 6.07 Å². The molecule has 5 rings (SSSR count). The molecular formula is C27H29F3N2O2. The third-order valence-electron chi connectivity index (χ3n) is 8.61. The minimum Gasteiger partial charge on any atom is -0.308 e. The lowest BCUT2D eigenvalue weighted by Crippen LogP contribution is -2.44. The Morgan fingerprint density at radius 2 is 2.03 bits per heavy atom. The average Bonchev–Trinajstić information content (AvgIpc) is 3.06. The number of pyridine rings is 1. The highest BCUT2D eigenvalue weighted by atomic mass is 19.1. The molecule has 1 aromatic carbocycles. The van der Waals surface area contributed by atoms with E-state index in [0.29, 0.717) is 37.0 Å². The predicted molar refractivity (Wildman–Crippen MR) is 122 cm³/mol. The van der Waals surface area contributed by atoms with E-state index in [1.807, 2.05) is 0 Å². The summed E-state index contributed by atoms with van der Waals surface area (Å²) in [6, 6.07) is 6.06. The van der Waals surface area contributed by atoms with Crippen LogP contribution in [-0.4, -0.2) is 16.7 Å². The molecule has 1 aromatic heterocycles. The summed E-state index contributed by atoms with van der Waals surface area (Å²) in [7, 11) is 0. The summed E-state index contributed by atoms with van der Waals surface area (Å²) in [5, 5.41) is 2.40. The second-order valence-corrected chi connectivity index (χ2v) is 10.4. The summed E-state index contributed by atoms with van der Waals surface area (Å²) in [4.78, 5) is 29.0. The highest BCUT2D eigenvalue weighted by Crippen LogP contribution is 2.62. The van der Waals surface area contributed by atoms with Gasteiger partial charge in [0.15, 0.2) is 11.6 Å². The van der Waals surface area contributed by atoms with Gasteiger partial charge in [0.25, 0.3) is 0 Å². The molecule has 180 valence electrons. The molecule has 0 aliphatic heterocycles. The average molecular weight is 471 g/mol. The largest absolute Gasteiger partial charge is 0.308 e. The smallest absolute Gasteiger partial charge is 0.225 e. The molecule has 2 fully saturated rings. The summed E-state index contributed by atoms with van der Waals surface area (Å²) in [5.74, 6) is -1.14. The maximum atomic E-state index is 14.4. The first-order chi connectivity index (χ1) is 16.3. The van der Waals surface area contributed by atoms with Gasteiger partial charge in [-0.2, -0.15) is 0 Å². The fraction of sp³-hybridized carbons (Fsp3) is 0.519. The lowest BCUT2D eigenvalue weighted by Gasteiger charge is -2.50. The molecule has 0 radical (unpaired) electrons. The number of carbonyl (C=O) groups excluding carboxylic acids is 2. The van der Waals surface area contributed by atoms with E-state index in [0.717, 1.165) is 43.0 Å². The number of ketones is 1. The van der Waals surface area contributed by atoms with Crippen LogP contribution in [-0.2, 0) is 16.0 Å². The lowest BCUT2D eigenvalue weighted by atomic mass is 9.54. The minimum absolute atomic E-state index is 0.124. The van der Waals surface area contributed by atoms with Crippen molar-refractivity contribution >= 4 is 17.5 Å². The van der Waals surface area contributed by atoms with Crippen LogP contribution in [0.2, 0.25) is 0 Å². The number of anilines is 1. The Balaban J connectivity index is 1.27. The SMILES string of the molecule is C[C@]12CCC3c4cccc(F)c4CCC3C1[C@H](CCCC(=O)Nc1ncc(F)cc1F)CC2=O. The number of aromatic nitrogens is 1. The van der Waals surface area contributed by atoms with Gasteiger partial charge in [-0.25, -0.2) is 18.2 Å². The zero-order valence-corrected chi connectivity index (χ0v) is 19.3. The van der Waals surface area contributed by atoms with Crippen molar-refractivity contribution in [1.82, 2.24) is 4.98 Å². The Morgan fingerprint density at radius 3 is 2.82 bits per heavy atom. The van der Waals surface area contributed by atoms with Crippen molar-refractivity contribution in [2.24, 2.45) is 23.2 Å². The van der Waals surface area contributed by atoms with Crippen molar-refractivity contribution in [3.63, 3.8) is 0 Å². The molecule has 0 saturated heterocycles. The van der Waals surface area contributed by atoms with E-state index in [-0.39, 0.29) is 47.1 Å². The number of Topliss-reactive ketones (excluding diaryl/α,β-unsaturated/α-hetero) is 1. The molecule has 4 nitrogen and oxygen atoms in total. The quantitative estimate of drug-likeness (QED) is 0.587. The maximum absolute atomic E-state index is 14.4. The number of halogens is 3. The van der Waals surface area contributed by atoms with Crippen LogP contribution in [0.1, 0.15) is 68.9 Å². The Hall–Kier alpha value is -2.70. The fourth-order valence-corrected chi connectivity index (χ4v) is 7.12. The van der Waals surface area contributed by atoms with Crippen LogP contribution in [0.4, 0.5) is 19.0 Å². The molecule has 2 saturated carbocycles. The molecule has 0 spiro atoms. The first-order valence-corrected chi connectivity index (χ1v) is 12.2. The number of rotatable bonds is 5. The highest BCUT2D eigenvalue weighted by molar-refractivity contribution is 5.90. The van der Waals surface area contributed by atoms with Gasteiger partial charge in [0.1, 0.15) is 17.4 Å². The molecule has 0 bridgehead atoms. The van der Waals surface area contributed by atoms with Gasteiger partial charge < -0.3 is 5.32 Å². The molecule has 3 aliphatic carbocycles. The molecule has 5 atom stereocenters. The number of hydrogen-bond acceptors (Lipinski definition) is 3. The summed E-state index contributed by atoms with van der Waals surface area (Å²) >= 11 is 0. The van der Waals surface area contributed by atoms with E-state index in [9.17, 15) is 22.8 Å². The van der Waals surface area contributed by atoms with Crippen LogP contribution in [0.3, 0.4) is 0 Å². The van der Waals surface area contributed by atoms with E-state index in [4.69, 9.17) is 0 Å². The Bertz CT molecular complexity index is 1140. The molecule has 1 heterocycles. The summed E-state index contributed by atoms with van der Waals surface area (Å²) < 4.78 is 41.2. The van der Waals surface area contributed by atoms with Gasteiger partial charge in [0.05, 0.1) is 6.20 Å². The van der Waals surface area contributed by atoms with Gasteiger partial charge in [0, 0.05) is 24.3 Å². The molecule has 2 aromatic rings. The summed E-state index contributed by atoms with van der Waals surface area (Å²) in [6.45, 7) is 2.10. The van der Waals surface area contributed by atoms with E-state index in [2.05, 4.69) is 23.3 Å². The van der Waals surface area contributed by atoms with Crippen LogP contribution < -0.4 is 5.32 Å². The second kappa shape index (κ2) is 8.82. The van der Waals surface area contributed by atoms with Crippen LogP contribution in [0.25, 0.3) is 0 Å². The number of carbonyl (C=O) groups is 2. The van der Waals surface area contributed by atoms with Crippen LogP contribution in [0.5, 0.6) is 0 Å². The maximum Gasteiger partial charge on any atom is 0.225 e. The third-order valence-corrected chi connectivity index (χ3v) is 8.61. The molecular weight excluding hydrogens is 441 g/mol. The van der Waals surface area contributed by atoms with Gasteiger partial charge in [-0.15, -0.1) is 0 Å². The zero-order chi connectivity index (χ0) is 24.0. The zero-order valence-electron chi connectivity index (χ0n) is 19.3. The van der Waals surface area contributed by atoms with Gasteiger partial charge in [-0.3, -0.25) is 9.59 Å². The predicted octanol–water partition coefficient (Wildman–Crippen LogP) is 5.96. The van der Waals surface area contributed by atoms with Crippen LogP contribution >= 0.6 is 0 Å². The Morgan fingerprint density at radius 1 is 1.21 bits per heavy atom. The van der Waals surface area contributed by atoms with E-state index < -0.39 is 11.6 Å². The number of amides is 1. The van der Waals surface area contributed by atoms with Crippen molar-refractivity contribution in [1.29, 1.82) is 0 Å². The highest BCUT2D eigenvalue weighted by Gasteiger charge is 2.58. The standard InChI is InChI=1S/C27H29F3N2O2/c1-27-11-10-18-17-5-3-6-21(29)19(17)8-9-20(18)25(27)15(12-23(27)33)4-2-7-24(34)32-26-22(30)13-16(28)14-31-26/h3,5-6,13-15,18,20,25H,2,4,7-12H2,1H3,(H,31,32,34)/t15-,18?,20?,25?,27-/m1/s1. The van der Waals surface area contributed by atoms with E-state index in [1.165, 1.54) is 6.07 Å². The van der Waals surface area contributed by atoms with Gasteiger partial charge in [-0.05, 0) is 79.4 Å². The molecule has 7 heteroatoms. The first kappa shape index (κ1) is 23.1. The Kier molecular flexibility index (Phi) is 5.98. The van der Waals surface area contributed by atoms with E-state index >= 15 is 0 Å². The topological polar surface area (TPSA) is 59.1 Å². The van der Waals surface area contributed by atoms with Gasteiger partial charge >= 0.3 is 0 Å². The van der Waals surface area contributed by atoms with Crippen molar-refractivity contribution in [2.75, 3.05) is 5.32 Å².